The van der Waals surface area contributed by atoms with Crippen LogP contribution in [0.5, 0.6) is 0 Å². The van der Waals surface area contributed by atoms with Crippen molar-refractivity contribution in [3.8, 4) is 0 Å². The fraction of sp³-hybridized carbons (Fsp3) is 0.235. The van der Waals surface area contributed by atoms with E-state index in [0.29, 0.717) is 0 Å². The Hall–Kier alpha value is -2.29. The molecule has 3 nitrogen and oxygen atoms in total. The third kappa shape index (κ3) is 2.27. The van der Waals surface area contributed by atoms with Crippen LogP contribution in [0.25, 0.3) is 0 Å². The number of hydrazone groups is 1. The Labute approximate surface area is 119 Å². The molecule has 0 heterocycles. The Bertz CT molecular complexity index is 632. The maximum absolute atomic E-state index is 4.81. The molecule has 0 fully saturated rings. The number of fused-ring (bicyclic) bond motifs is 1. The summed E-state index contributed by atoms with van der Waals surface area (Å²) in [6, 6.07) is 16.7. The van der Waals surface area contributed by atoms with Crippen LogP contribution in [0, 0.1) is 0 Å². The number of nitrogens with zero attached hydrogens (tertiary/aromatic N) is 2. The second kappa shape index (κ2) is 5.37. The third-order valence-electron chi connectivity index (χ3n) is 3.74. The van der Waals surface area contributed by atoms with Crippen LogP contribution in [-0.4, -0.2) is 19.8 Å². The van der Waals surface area contributed by atoms with Crippen LogP contribution in [0.15, 0.2) is 53.6 Å². The van der Waals surface area contributed by atoms with Gasteiger partial charge in [-0.3, -0.25) is 5.01 Å². The minimum absolute atomic E-state index is 1.01. The van der Waals surface area contributed by atoms with Gasteiger partial charge in [0.15, 0.2) is 0 Å². The van der Waals surface area contributed by atoms with Gasteiger partial charge in [0.2, 0.25) is 0 Å². The van der Waals surface area contributed by atoms with E-state index in [1.807, 2.05) is 37.3 Å². The summed E-state index contributed by atoms with van der Waals surface area (Å²) in [5, 5.41) is 10.0. The molecule has 3 rings (SSSR count). The summed E-state index contributed by atoms with van der Waals surface area (Å²) in [5.74, 6) is 0. The van der Waals surface area contributed by atoms with Crippen molar-refractivity contribution in [3.05, 3.63) is 59.7 Å². The molecular weight excluding hydrogens is 246 g/mol. The Morgan fingerprint density at radius 1 is 1.00 bits per heavy atom. The molecule has 2 aromatic rings. The largest absolute Gasteiger partial charge is 0.388 e. The van der Waals surface area contributed by atoms with E-state index in [9.17, 15) is 0 Å². The van der Waals surface area contributed by atoms with Crippen molar-refractivity contribution >= 4 is 17.1 Å². The first kappa shape index (κ1) is 12.7. The number of rotatable bonds is 3. The number of anilines is 2. The quantitative estimate of drug-likeness (QED) is 0.860. The molecule has 1 N–H and O–H groups in total. The molecule has 0 spiro atoms. The lowest BCUT2D eigenvalue weighted by Crippen LogP contribution is -2.13. The fourth-order valence-corrected chi connectivity index (χ4v) is 2.72. The highest BCUT2D eigenvalue weighted by Gasteiger charge is 2.21. The van der Waals surface area contributed by atoms with E-state index >= 15 is 0 Å². The van der Waals surface area contributed by atoms with E-state index < -0.39 is 0 Å². The molecule has 102 valence electrons. The number of nitrogens with one attached hydrogen (secondary N) is 1. The predicted octanol–water partition coefficient (Wildman–Crippen LogP) is 3.52. The third-order valence-corrected chi connectivity index (χ3v) is 3.74. The summed E-state index contributed by atoms with van der Waals surface area (Å²) >= 11 is 0. The molecule has 0 atom stereocenters. The highest BCUT2D eigenvalue weighted by atomic mass is 15.4. The highest BCUT2D eigenvalue weighted by molar-refractivity contribution is 6.09. The van der Waals surface area contributed by atoms with Gasteiger partial charge in [0.25, 0.3) is 0 Å². The second-order valence-electron chi connectivity index (χ2n) is 5.00. The first-order chi connectivity index (χ1) is 9.79. The van der Waals surface area contributed by atoms with E-state index in [-0.39, 0.29) is 0 Å². The zero-order valence-electron chi connectivity index (χ0n) is 11.9. The van der Waals surface area contributed by atoms with Crippen LogP contribution >= 0.6 is 0 Å². The summed E-state index contributed by atoms with van der Waals surface area (Å²) < 4.78 is 0. The number of benzene rings is 2. The van der Waals surface area contributed by atoms with Crippen molar-refractivity contribution in [3.63, 3.8) is 0 Å². The Morgan fingerprint density at radius 2 is 1.80 bits per heavy atom. The van der Waals surface area contributed by atoms with Crippen LogP contribution in [0.2, 0.25) is 0 Å². The smallest absolute Gasteiger partial charge is 0.0708 e. The summed E-state index contributed by atoms with van der Waals surface area (Å²) in [6.07, 6.45) is 2.08. The zero-order valence-corrected chi connectivity index (χ0v) is 11.9. The molecule has 20 heavy (non-hydrogen) atoms. The second-order valence-corrected chi connectivity index (χ2v) is 5.00. The molecule has 0 saturated carbocycles. The zero-order chi connectivity index (χ0) is 13.9. The van der Waals surface area contributed by atoms with Crippen molar-refractivity contribution in [2.45, 2.75) is 12.8 Å². The van der Waals surface area contributed by atoms with Gasteiger partial charge >= 0.3 is 0 Å². The average Bonchev–Trinajstić information content (AvgIpc) is 2.91. The number of hydrogen-bond acceptors (Lipinski definition) is 3. The lowest BCUT2D eigenvalue weighted by Gasteiger charge is -2.15. The lowest BCUT2D eigenvalue weighted by molar-refractivity contribution is 0.996. The maximum Gasteiger partial charge on any atom is 0.0708 e. The van der Waals surface area contributed by atoms with Crippen LogP contribution in [-0.2, 0) is 6.42 Å². The molecular formula is C17H19N3. The maximum atomic E-state index is 4.81. The minimum atomic E-state index is 1.01. The van der Waals surface area contributed by atoms with E-state index in [4.69, 9.17) is 5.10 Å². The molecule has 0 aromatic heterocycles. The predicted molar refractivity (Wildman–Crippen MR) is 85.7 cm³/mol. The number of aryl methyl sites for hydroxylation is 1. The van der Waals surface area contributed by atoms with Crippen molar-refractivity contribution in [1.82, 2.24) is 0 Å². The van der Waals surface area contributed by atoms with Gasteiger partial charge in [-0.25, -0.2) is 0 Å². The van der Waals surface area contributed by atoms with Gasteiger partial charge < -0.3 is 5.32 Å². The summed E-state index contributed by atoms with van der Waals surface area (Å²) in [6.45, 7) is 0. The van der Waals surface area contributed by atoms with Crippen molar-refractivity contribution < 1.29 is 0 Å². The lowest BCUT2D eigenvalue weighted by atomic mass is 10.1. The molecule has 0 amide bonds. The highest BCUT2D eigenvalue weighted by Crippen LogP contribution is 2.29. The monoisotopic (exact) mass is 265 g/mol. The molecule has 0 saturated heterocycles. The average molecular weight is 265 g/mol. The molecule has 0 radical (unpaired) electrons. The molecule has 2 aromatic carbocycles. The van der Waals surface area contributed by atoms with Gasteiger partial charge in [-0.15, -0.1) is 0 Å². The fourth-order valence-electron chi connectivity index (χ4n) is 2.72. The van der Waals surface area contributed by atoms with Gasteiger partial charge in [0.05, 0.1) is 11.4 Å². The number of para-hydroxylation sites is 1. The Morgan fingerprint density at radius 3 is 2.55 bits per heavy atom. The van der Waals surface area contributed by atoms with Crippen LogP contribution in [0.1, 0.15) is 17.5 Å². The van der Waals surface area contributed by atoms with Crippen molar-refractivity contribution in [2.75, 3.05) is 24.4 Å². The van der Waals surface area contributed by atoms with E-state index in [1.54, 1.807) is 0 Å². The summed E-state index contributed by atoms with van der Waals surface area (Å²) in [4.78, 5) is 0. The van der Waals surface area contributed by atoms with Crippen LogP contribution in [0.4, 0.5) is 11.4 Å². The molecule has 3 heteroatoms. The SMILES string of the molecule is CNc1cccc2c1/C(=N\N(C)c1ccccc1)CC2. The van der Waals surface area contributed by atoms with E-state index in [1.165, 1.54) is 16.8 Å². The number of hydrogen-bond donors (Lipinski definition) is 1. The van der Waals surface area contributed by atoms with E-state index in [2.05, 4.69) is 35.6 Å². The summed E-state index contributed by atoms with van der Waals surface area (Å²) in [5.41, 5.74) is 6.10. The Kier molecular flexibility index (Phi) is 3.42. The molecule has 0 aliphatic heterocycles. The Balaban J connectivity index is 1.97. The normalized spacial score (nSPS) is 15.2. The van der Waals surface area contributed by atoms with Gasteiger partial charge in [0, 0.05) is 25.3 Å². The van der Waals surface area contributed by atoms with Crippen LogP contribution < -0.4 is 10.3 Å². The molecule has 0 bridgehead atoms. The van der Waals surface area contributed by atoms with Gasteiger partial charge in [-0.1, -0.05) is 30.3 Å². The molecule has 0 unspecified atom stereocenters. The van der Waals surface area contributed by atoms with Crippen molar-refractivity contribution in [2.24, 2.45) is 5.10 Å². The molecule has 1 aliphatic carbocycles. The van der Waals surface area contributed by atoms with Gasteiger partial charge in [-0.05, 0) is 36.6 Å². The standard InChI is InChI=1S/C17H19N3/c1-18-15-10-6-7-13-11-12-16(17(13)15)19-20(2)14-8-4-3-5-9-14/h3-10,18H,11-12H2,1-2H3/b19-16-. The first-order valence-corrected chi connectivity index (χ1v) is 6.96. The topological polar surface area (TPSA) is 27.6 Å². The van der Waals surface area contributed by atoms with E-state index in [0.717, 1.165) is 24.2 Å². The molecule has 1 aliphatic rings. The minimum Gasteiger partial charge on any atom is -0.388 e. The van der Waals surface area contributed by atoms with Gasteiger partial charge in [0.1, 0.15) is 0 Å². The van der Waals surface area contributed by atoms with Gasteiger partial charge in [-0.2, -0.15) is 5.10 Å². The first-order valence-electron chi connectivity index (χ1n) is 6.96. The van der Waals surface area contributed by atoms with Crippen molar-refractivity contribution in [1.29, 1.82) is 0 Å². The van der Waals surface area contributed by atoms with Crippen LogP contribution in [0.3, 0.4) is 0 Å². The summed E-state index contributed by atoms with van der Waals surface area (Å²) in [7, 11) is 3.97.